The van der Waals surface area contributed by atoms with Gasteiger partial charge in [0, 0.05) is 19.0 Å². The molecule has 1 aromatic heterocycles. The second-order valence-corrected chi connectivity index (χ2v) is 7.05. The standard InChI is InChI=1S/C14H19N3O3S/c1-21(18,19)12-13-11-17(16-15-13)9-5-6-10-20-14-7-3-2-4-8-14/h2-4,7-8,11H,5-6,9-10,12H2,1H3. The smallest absolute Gasteiger partial charge is 0.153 e. The van der Waals surface area contributed by atoms with Crippen molar-refractivity contribution in [2.24, 2.45) is 0 Å². The molecule has 0 aliphatic carbocycles. The summed E-state index contributed by atoms with van der Waals surface area (Å²) in [6.07, 6.45) is 4.66. The van der Waals surface area contributed by atoms with Gasteiger partial charge in [0.25, 0.3) is 0 Å². The van der Waals surface area contributed by atoms with E-state index in [1.807, 2.05) is 30.3 Å². The molecule has 0 amide bonds. The Bertz CT molecular complexity index is 653. The van der Waals surface area contributed by atoms with E-state index in [2.05, 4.69) is 10.3 Å². The van der Waals surface area contributed by atoms with Gasteiger partial charge in [-0.25, -0.2) is 8.42 Å². The van der Waals surface area contributed by atoms with Crippen molar-refractivity contribution in [3.63, 3.8) is 0 Å². The van der Waals surface area contributed by atoms with Crippen LogP contribution in [0.2, 0.25) is 0 Å². The first-order valence-corrected chi connectivity index (χ1v) is 8.83. The zero-order chi connectivity index (χ0) is 15.1. The zero-order valence-electron chi connectivity index (χ0n) is 12.0. The molecule has 0 saturated carbocycles. The van der Waals surface area contributed by atoms with Crippen LogP contribution in [0.15, 0.2) is 36.5 Å². The molecule has 2 rings (SSSR count). The zero-order valence-corrected chi connectivity index (χ0v) is 12.8. The average molecular weight is 309 g/mol. The maximum atomic E-state index is 11.2. The SMILES string of the molecule is CS(=O)(=O)Cc1cn(CCCCOc2ccccc2)nn1. The molecule has 1 heterocycles. The van der Waals surface area contributed by atoms with Gasteiger partial charge in [0.15, 0.2) is 9.84 Å². The van der Waals surface area contributed by atoms with E-state index in [1.54, 1.807) is 10.9 Å². The van der Waals surface area contributed by atoms with Crippen LogP contribution in [-0.2, 0) is 22.1 Å². The number of ether oxygens (including phenoxy) is 1. The van der Waals surface area contributed by atoms with Crippen LogP contribution in [0.25, 0.3) is 0 Å². The monoisotopic (exact) mass is 309 g/mol. The predicted octanol–water partition coefficient (Wildman–Crippen LogP) is 1.68. The summed E-state index contributed by atoms with van der Waals surface area (Å²) < 4.78 is 29.6. The van der Waals surface area contributed by atoms with Gasteiger partial charge in [0.05, 0.1) is 18.1 Å². The number of aryl methyl sites for hydroxylation is 1. The molecule has 0 bridgehead atoms. The first kappa shape index (κ1) is 15.5. The van der Waals surface area contributed by atoms with E-state index in [4.69, 9.17) is 4.74 Å². The fraction of sp³-hybridized carbons (Fsp3) is 0.429. The van der Waals surface area contributed by atoms with Crippen LogP contribution in [-0.4, -0.2) is 36.3 Å². The molecule has 0 radical (unpaired) electrons. The number of para-hydroxylation sites is 1. The highest BCUT2D eigenvalue weighted by atomic mass is 32.2. The summed E-state index contributed by atoms with van der Waals surface area (Å²) >= 11 is 0. The van der Waals surface area contributed by atoms with E-state index in [0.717, 1.165) is 18.6 Å². The molecule has 0 atom stereocenters. The molecule has 6 nitrogen and oxygen atoms in total. The van der Waals surface area contributed by atoms with Crippen LogP contribution in [0.1, 0.15) is 18.5 Å². The van der Waals surface area contributed by atoms with E-state index in [0.29, 0.717) is 18.8 Å². The number of hydrogen-bond acceptors (Lipinski definition) is 5. The molecular formula is C14H19N3O3S. The number of rotatable bonds is 8. The molecule has 1 aromatic carbocycles. The summed E-state index contributed by atoms with van der Waals surface area (Å²) in [4.78, 5) is 0. The fourth-order valence-corrected chi connectivity index (χ4v) is 2.53. The van der Waals surface area contributed by atoms with Gasteiger partial charge in [-0.1, -0.05) is 23.4 Å². The lowest BCUT2D eigenvalue weighted by Gasteiger charge is -2.05. The summed E-state index contributed by atoms with van der Waals surface area (Å²) in [7, 11) is -3.06. The largest absolute Gasteiger partial charge is 0.494 e. The Morgan fingerprint density at radius 2 is 1.95 bits per heavy atom. The van der Waals surface area contributed by atoms with Crippen LogP contribution in [0.4, 0.5) is 0 Å². The Labute approximate surface area is 124 Å². The Morgan fingerprint density at radius 3 is 2.67 bits per heavy atom. The van der Waals surface area contributed by atoms with Gasteiger partial charge in [0.2, 0.25) is 0 Å². The minimum absolute atomic E-state index is 0.0654. The summed E-state index contributed by atoms with van der Waals surface area (Å²) in [5.74, 6) is 0.804. The molecule has 0 saturated heterocycles. The minimum Gasteiger partial charge on any atom is -0.494 e. The van der Waals surface area contributed by atoms with Crippen molar-refractivity contribution in [1.29, 1.82) is 0 Å². The van der Waals surface area contributed by atoms with E-state index in [-0.39, 0.29) is 5.75 Å². The first-order valence-electron chi connectivity index (χ1n) is 6.77. The lowest BCUT2D eigenvalue weighted by atomic mass is 10.3. The van der Waals surface area contributed by atoms with Gasteiger partial charge in [-0.3, -0.25) is 4.68 Å². The first-order chi connectivity index (χ1) is 10.0. The molecule has 0 fully saturated rings. The van der Waals surface area contributed by atoms with Crippen LogP contribution >= 0.6 is 0 Å². The van der Waals surface area contributed by atoms with Crippen molar-refractivity contribution >= 4 is 9.84 Å². The molecule has 0 spiro atoms. The second-order valence-electron chi connectivity index (χ2n) is 4.91. The second kappa shape index (κ2) is 7.21. The molecule has 114 valence electrons. The molecule has 0 aliphatic heterocycles. The fourth-order valence-electron chi connectivity index (χ4n) is 1.87. The number of sulfone groups is 1. The van der Waals surface area contributed by atoms with Crippen molar-refractivity contribution < 1.29 is 13.2 Å². The van der Waals surface area contributed by atoms with Crippen LogP contribution in [0, 0.1) is 0 Å². The quantitative estimate of drug-likeness (QED) is 0.694. The van der Waals surface area contributed by atoms with E-state index in [1.165, 1.54) is 6.26 Å². The number of nitrogens with zero attached hydrogens (tertiary/aromatic N) is 3. The topological polar surface area (TPSA) is 74.1 Å². The lowest BCUT2D eigenvalue weighted by molar-refractivity contribution is 0.301. The highest BCUT2D eigenvalue weighted by Crippen LogP contribution is 2.09. The van der Waals surface area contributed by atoms with Gasteiger partial charge < -0.3 is 4.74 Å². The van der Waals surface area contributed by atoms with Crippen molar-refractivity contribution in [2.75, 3.05) is 12.9 Å². The molecule has 7 heteroatoms. The number of unbranched alkanes of at least 4 members (excludes halogenated alkanes) is 1. The van der Waals surface area contributed by atoms with Gasteiger partial charge in [-0.2, -0.15) is 0 Å². The summed E-state index contributed by atoms with van der Waals surface area (Å²) in [6, 6.07) is 9.68. The maximum Gasteiger partial charge on any atom is 0.153 e. The molecule has 0 unspecified atom stereocenters. The van der Waals surface area contributed by atoms with E-state index < -0.39 is 9.84 Å². The van der Waals surface area contributed by atoms with Gasteiger partial charge in [0.1, 0.15) is 5.75 Å². The lowest BCUT2D eigenvalue weighted by Crippen LogP contribution is -2.03. The average Bonchev–Trinajstić information content (AvgIpc) is 2.85. The van der Waals surface area contributed by atoms with Crippen molar-refractivity contribution in [1.82, 2.24) is 15.0 Å². The molecule has 0 aliphatic rings. The normalized spacial score (nSPS) is 11.5. The highest BCUT2D eigenvalue weighted by Gasteiger charge is 2.08. The third-order valence-corrected chi connectivity index (χ3v) is 3.61. The van der Waals surface area contributed by atoms with Crippen molar-refractivity contribution in [3.05, 3.63) is 42.2 Å². The van der Waals surface area contributed by atoms with Crippen molar-refractivity contribution in [2.45, 2.75) is 25.1 Å². The minimum atomic E-state index is -3.06. The number of hydrogen-bond donors (Lipinski definition) is 0. The summed E-state index contributed by atoms with van der Waals surface area (Å²) in [5, 5.41) is 7.77. The maximum absolute atomic E-state index is 11.2. The van der Waals surface area contributed by atoms with E-state index in [9.17, 15) is 8.42 Å². The molecule has 0 N–H and O–H groups in total. The Balaban J connectivity index is 1.67. The number of benzene rings is 1. The third-order valence-electron chi connectivity index (χ3n) is 2.79. The van der Waals surface area contributed by atoms with Crippen LogP contribution in [0.3, 0.4) is 0 Å². The summed E-state index contributed by atoms with van der Waals surface area (Å²) in [6.45, 7) is 1.35. The van der Waals surface area contributed by atoms with Crippen molar-refractivity contribution in [3.8, 4) is 5.75 Å². The molecule has 2 aromatic rings. The van der Waals surface area contributed by atoms with Crippen LogP contribution < -0.4 is 4.74 Å². The Morgan fingerprint density at radius 1 is 1.19 bits per heavy atom. The van der Waals surface area contributed by atoms with Gasteiger partial charge >= 0.3 is 0 Å². The highest BCUT2D eigenvalue weighted by molar-refractivity contribution is 7.89. The van der Waals surface area contributed by atoms with Crippen LogP contribution in [0.5, 0.6) is 5.75 Å². The number of aromatic nitrogens is 3. The molecular weight excluding hydrogens is 290 g/mol. The third kappa shape index (κ3) is 5.95. The van der Waals surface area contributed by atoms with E-state index >= 15 is 0 Å². The Kier molecular flexibility index (Phi) is 5.32. The van der Waals surface area contributed by atoms with Gasteiger partial charge in [-0.15, -0.1) is 5.10 Å². The molecule has 21 heavy (non-hydrogen) atoms. The summed E-state index contributed by atoms with van der Waals surface area (Å²) in [5.41, 5.74) is 0.484. The Hall–Kier alpha value is -1.89. The predicted molar refractivity (Wildman–Crippen MR) is 79.7 cm³/mol. The van der Waals surface area contributed by atoms with Gasteiger partial charge in [-0.05, 0) is 25.0 Å².